The number of aromatic nitrogens is 1. The largest absolute Gasteiger partial charge is 0.358 e. The lowest BCUT2D eigenvalue weighted by atomic mass is 10.1. The van der Waals surface area contributed by atoms with Crippen LogP contribution >= 0.6 is 0 Å². The van der Waals surface area contributed by atoms with E-state index in [1.54, 1.807) is 25.1 Å². The maximum absolute atomic E-state index is 12.5. The lowest BCUT2D eigenvalue weighted by Gasteiger charge is -2.09. The van der Waals surface area contributed by atoms with E-state index in [1.807, 2.05) is 38.1 Å². The van der Waals surface area contributed by atoms with Gasteiger partial charge in [0.25, 0.3) is 11.7 Å². The summed E-state index contributed by atoms with van der Waals surface area (Å²) in [5, 5.41) is 0.672. The quantitative estimate of drug-likeness (QED) is 0.386. The van der Waals surface area contributed by atoms with Crippen LogP contribution in [0.15, 0.2) is 42.5 Å². The Kier molecular flexibility index (Phi) is 4.58. The number of rotatable bonds is 3. The Bertz CT molecular complexity index is 1030. The second kappa shape index (κ2) is 6.84. The number of hydrogen-bond donors (Lipinski definition) is 3. The molecular weight excluding hydrogens is 330 g/mol. The number of carbonyl (C=O) groups is 3. The molecule has 0 aliphatic rings. The Morgan fingerprint density at radius 3 is 2.38 bits per heavy atom. The summed E-state index contributed by atoms with van der Waals surface area (Å²) in [4.78, 5) is 40.0. The zero-order chi connectivity index (χ0) is 18.8. The first-order valence-electron chi connectivity index (χ1n) is 8.18. The Labute approximate surface area is 150 Å². The van der Waals surface area contributed by atoms with Gasteiger partial charge in [-0.05, 0) is 38.5 Å². The number of benzene rings is 2. The van der Waals surface area contributed by atoms with Gasteiger partial charge in [-0.1, -0.05) is 35.9 Å². The third-order valence-corrected chi connectivity index (χ3v) is 4.24. The molecule has 0 spiro atoms. The Morgan fingerprint density at radius 2 is 1.65 bits per heavy atom. The minimum Gasteiger partial charge on any atom is -0.358 e. The summed E-state index contributed by atoms with van der Waals surface area (Å²) >= 11 is 0. The Hall–Kier alpha value is -3.41. The van der Waals surface area contributed by atoms with Crippen LogP contribution < -0.4 is 10.9 Å². The molecule has 1 aromatic heterocycles. The van der Waals surface area contributed by atoms with Crippen molar-refractivity contribution in [2.45, 2.75) is 20.8 Å². The van der Waals surface area contributed by atoms with Gasteiger partial charge >= 0.3 is 5.91 Å². The SMILES string of the molecule is Cc1ccc(C(=O)NNC(=O)C(=O)c2c(C)[nH]c3ccccc23)c(C)c1. The number of hydrazine groups is 1. The van der Waals surface area contributed by atoms with Crippen LogP contribution in [0, 0.1) is 20.8 Å². The molecule has 3 N–H and O–H groups in total. The lowest BCUT2D eigenvalue weighted by Crippen LogP contribution is -2.45. The standard InChI is InChI=1S/C20H19N3O3/c1-11-8-9-14(12(2)10-11)19(25)22-23-20(26)18(24)17-13(3)21-16-7-5-4-6-15(16)17/h4-10,21H,1-3H3,(H,22,25)(H,23,26). The normalized spacial score (nSPS) is 10.6. The topological polar surface area (TPSA) is 91.1 Å². The number of aromatic amines is 1. The van der Waals surface area contributed by atoms with E-state index in [-0.39, 0.29) is 0 Å². The molecule has 0 radical (unpaired) electrons. The van der Waals surface area contributed by atoms with Crippen LogP contribution in [0.1, 0.15) is 37.5 Å². The zero-order valence-corrected chi connectivity index (χ0v) is 14.8. The summed E-state index contributed by atoms with van der Waals surface area (Å²) in [5.74, 6) is -2.07. The monoisotopic (exact) mass is 349 g/mol. The number of ketones is 1. The molecule has 2 aromatic carbocycles. The van der Waals surface area contributed by atoms with Gasteiger partial charge in [0, 0.05) is 22.2 Å². The zero-order valence-electron chi connectivity index (χ0n) is 14.8. The molecule has 0 aliphatic heterocycles. The fourth-order valence-corrected chi connectivity index (χ4v) is 2.99. The van der Waals surface area contributed by atoms with Crippen molar-refractivity contribution < 1.29 is 14.4 Å². The van der Waals surface area contributed by atoms with Gasteiger partial charge in [-0.3, -0.25) is 25.2 Å². The molecule has 3 rings (SSSR count). The van der Waals surface area contributed by atoms with E-state index in [4.69, 9.17) is 0 Å². The van der Waals surface area contributed by atoms with Crippen LogP contribution in [-0.2, 0) is 4.79 Å². The summed E-state index contributed by atoms with van der Waals surface area (Å²) in [7, 11) is 0. The fourth-order valence-electron chi connectivity index (χ4n) is 2.99. The van der Waals surface area contributed by atoms with Gasteiger partial charge in [-0.15, -0.1) is 0 Å². The van der Waals surface area contributed by atoms with Crippen LogP contribution in [0.2, 0.25) is 0 Å². The van der Waals surface area contributed by atoms with Crippen molar-refractivity contribution in [3.8, 4) is 0 Å². The number of Topliss-reactive ketones (excluding diaryl/α,β-unsaturated/α-hetero) is 1. The third kappa shape index (κ3) is 3.21. The van der Waals surface area contributed by atoms with E-state index >= 15 is 0 Å². The minimum atomic E-state index is -0.893. The maximum Gasteiger partial charge on any atom is 0.310 e. The van der Waals surface area contributed by atoms with Crippen LogP contribution in [0.25, 0.3) is 10.9 Å². The molecular formula is C20H19N3O3. The van der Waals surface area contributed by atoms with E-state index in [9.17, 15) is 14.4 Å². The highest BCUT2D eigenvalue weighted by Gasteiger charge is 2.23. The highest BCUT2D eigenvalue weighted by molar-refractivity contribution is 6.45. The van der Waals surface area contributed by atoms with Crippen molar-refractivity contribution in [1.82, 2.24) is 15.8 Å². The maximum atomic E-state index is 12.5. The van der Waals surface area contributed by atoms with Crippen molar-refractivity contribution in [3.05, 3.63) is 70.4 Å². The van der Waals surface area contributed by atoms with E-state index in [0.29, 0.717) is 22.2 Å². The molecule has 1 heterocycles. The number of aryl methyl sites for hydroxylation is 3. The first kappa shape index (κ1) is 17.4. The van der Waals surface area contributed by atoms with Crippen molar-refractivity contribution in [2.24, 2.45) is 0 Å². The van der Waals surface area contributed by atoms with Crippen molar-refractivity contribution in [2.75, 3.05) is 0 Å². The smallest absolute Gasteiger partial charge is 0.310 e. The van der Waals surface area contributed by atoms with Crippen LogP contribution in [0.4, 0.5) is 0 Å². The summed E-state index contributed by atoms with van der Waals surface area (Å²) in [6.45, 7) is 5.47. The molecule has 132 valence electrons. The van der Waals surface area contributed by atoms with Crippen molar-refractivity contribution in [1.29, 1.82) is 0 Å². The van der Waals surface area contributed by atoms with E-state index in [1.165, 1.54) is 0 Å². The number of amides is 2. The average molecular weight is 349 g/mol. The fraction of sp³-hybridized carbons (Fsp3) is 0.150. The Balaban J connectivity index is 1.74. The van der Waals surface area contributed by atoms with Gasteiger partial charge in [0.2, 0.25) is 0 Å². The Morgan fingerprint density at radius 1 is 0.923 bits per heavy atom. The van der Waals surface area contributed by atoms with Crippen LogP contribution in [-0.4, -0.2) is 22.6 Å². The van der Waals surface area contributed by atoms with E-state index < -0.39 is 17.6 Å². The second-order valence-electron chi connectivity index (χ2n) is 6.23. The van der Waals surface area contributed by atoms with Gasteiger partial charge in [-0.25, -0.2) is 0 Å². The van der Waals surface area contributed by atoms with Gasteiger partial charge in [0.1, 0.15) is 0 Å². The number of H-pyrrole nitrogens is 1. The first-order chi connectivity index (χ1) is 12.4. The minimum absolute atomic E-state index is 0.305. The molecule has 0 saturated heterocycles. The third-order valence-electron chi connectivity index (χ3n) is 4.24. The molecule has 26 heavy (non-hydrogen) atoms. The number of fused-ring (bicyclic) bond motifs is 1. The molecule has 0 aliphatic carbocycles. The summed E-state index contributed by atoms with van der Waals surface area (Å²) in [6, 6.07) is 12.6. The number of para-hydroxylation sites is 1. The first-order valence-corrected chi connectivity index (χ1v) is 8.18. The molecule has 0 bridgehead atoms. The molecule has 6 nitrogen and oxygen atoms in total. The summed E-state index contributed by atoms with van der Waals surface area (Å²) in [5.41, 5.74) is 8.45. The molecule has 0 fully saturated rings. The van der Waals surface area contributed by atoms with Gasteiger partial charge < -0.3 is 4.98 Å². The van der Waals surface area contributed by atoms with Gasteiger partial charge in [-0.2, -0.15) is 0 Å². The highest BCUT2D eigenvalue weighted by atomic mass is 16.2. The summed E-state index contributed by atoms with van der Waals surface area (Å²) < 4.78 is 0. The number of hydrogen-bond acceptors (Lipinski definition) is 3. The highest BCUT2D eigenvalue weighted by Crippen LogP contribution is 2.22. The lowest BCUT2D eigenvalue weighted by molar-refractivity contribution is -0.117. The predicted octanol–water partition coefficient (Wildman–Crippen LogP) is 2.74. The number of nitrogens with one attached hydrogen (secondary N) is 3. The molecule has 3 aromatic rings. The number of carbonyl (C=O) groups excluding carboxylic acids is 3. The van der Waals surface area contributed by atoms with Gasteiger partial charge in [0.15, 0.2) is 0 Å². The molecule has 2 amide bonds. The molecule has 0 unspecified atom stereocenters. The molecule has 0 saturated carbocycles. The summed E-state index contributed by atoms with van der Waals surface area (Å²) in [6.07, 6.45) is 0. The molecule has 0 atom stereocenters. The van der Waals surface area contributed by atoms with Gasteiger partial charge in [0.05, 0.1) is 5.56 Å². The van der Waals surface area contributed by atoms with Crippen molar-refractivity contribution in [3.63, 3.8) is 0 Å². The van der Waals surface area contributed by atoms with Crippen molar-refractivity contribution >= 4 is 28.5 Å². The van der Waals surface area contributed by atoms with E-state index in [2.05, 4.69) is 15.8 Å². The van der Waals surface area contributed by atoms with Crippen LogP contribution in [0.5, 0.6) is 0 Å². The van der Waals surface area contributed by atoms with Crippen LogP contribution in [0.3, 0.4) is 0 Å². The average Bonchev–Trinajstić information content (AvgIpc) is 2.94. The predicted molar refractivity (Wildman–Crippen MR) is 98.9 cm³/mol. The van der Waals surface area contributed by atoms with E-state index in [0.717, 1.165) is 16.6 Å². The molecule has 6 heteroatoms. The second-order valence-corrected chi connectivity index (χ2v) is 6.23.